The zero-order valence-electron chi connectivity index (χ0n) is 15.8. The van der Waals surface area contributed by atoms with Gasteiger partial charge < -0.3 is 5.32 Å². The lowest BCUT2D eigenvalue weighted by atomic mass is 9.92. The second-order valence-electron chi connectivity index (χ2n) is 7.18. The van der Waals surface area contributed by atoms with Crippen LogP contribution in [0, 0.1) is 0 Å². The minimum atomic E-state index is -3.86. The molecule has 3 aromatic rings. The number of benzene rings is 1. The first-order chi connectivity index (χ1) is 14.2. The highest BCUT2D eigenvalue weighted by atomic mass is 32.2. The standard InChI is InChI=1S/C19H19F2N5O3S/c20-19(21)9-4-5-13(11-19)23-18(27)15-12-22-26-10-8-16(24-17(15)26)25-30(28,29)14-6-2-1-3-7-14/h1-3,6-8,10,12-13H,4-5,9,11H2,(H,23,27)(H,24,25). The predicted molar refractivity (Wildman–Crippen MR) is 105 cm³/mol. The van der Waals surface area contributed by atoms with E-state index in [0.717, 1.165) is 0 Å². The highest BCUT2D eigenvalue weighted by Crippen LogP contribution is 2.33. The van der Waals surface area contributed by atoms with E-state index in [0.29, 0.717) is 12.8 Å². The van der Waals surface area contributed by atoms with Crippen LogP contribution < -0.4 is 10.0 Å². The smallest absolute Gasteiger partial charge is 0.263 e. The number of nitrogens with one attached hydrogen (secondary N) is 2. The van der Waals surface area contributed by atoms with Gasteiger partial charge in [-0.05, 0) is 31.0 Å². The second kappa shape index (κ2) is 7.63. The number of halogens is 2. The molecule has 30 heavy (non-hydrogen) atoms. The predicted octanol–water partition coefficient (Wildman–Crippen LogP) is 2.84. The Morgan fingerprint density at radius 2 is 1.97 bits per heavy atom. The normalized spacial score (nSPS) is 18.8. The number of carbonyl (C=O) groups is 1. The molecule has 0 aliphatic heterocycles. The number of amides is 1. The summed E-state index contributed by atoms with van der Waals surface area (Å²) >= 11 is 0. The molecule has 8 nitrogen and oxygen atoms in total. The van der Waals surface area contributed by atoms with Gasteiger partial charge in [0.2, 0.25) is 5.92 Å². The molecule has 2 N–H and O–H groups in total. The molecule has 11 heteroatoms. The van der Waals surface area contributed by atoms with Gasteiger partial charge in [0.1, 0.15) is 11.4 Å². The zero-order chi connectivity index (χ0) is 21.4. The second-order valence-corrected chi connectivity index (χ2v) is 8.86. The fourth-order valence-electron chi connectivity index (χ4n) is 3.44. The number of carbonyl (C=O) groups excluding carboxylic acids is 1. The fourth-order valence-corrected chi connectivity index (χ4v) is 4.46. The SMILES string of the molecule is O=C(NC1CCCC(F)(F)C1)c1cnn2ccc(NS(=O)(=O)c3ccccc3)nc12. The van der Waals surface area contributed by atoms with Crippen molar-refractivity contribution in [2.45, 2.75) is 42.5 Å². The lowest BCUT2D eigenvalue weighted by Gasteiger charge is -2.29. The third-order valence-electron chi connectivity index (χ3n) is 4.88. The number of anilines is 1. The Balaban J connectivity index is 1.56. The monoisotopic (exact) mass is 435 g/mol. The molecule has 1 aliphatic carbocycles. The van der Waals surface area contributed by atoms with Crippen molar-refractivity contribution in [1.29, 1.82) is 0 Å². The molecule has 1 saturated carbocycles. The molecule has 0 saturated heterocycles. The van der Waals surface area contributed by atoms with E-state index in [2.05, 4.69) is 20.1 Å². The Kier molecular flexibility index (Phi) is 5.14. The lowest BCUT2D eigenvalue weighted by Crippen LogP contribution is -2.42. The summed E-state index contributed by atoms with van der Waals surface area (Å²) in [5, 5.41) is 6.64. The van der Waals surface area contributed by atoms with Crippen LogP contribution in [0.4, 0.5) is 14.6 Å². The third-order valence-corrected chi connectivity index (χ3v) is 6.25. The van der Waals surface area contributed by atoms with Gasteiger partial charge in [0.25, 0.3) is 15.9 Å². The summed E-state index contributed by atoms with van der Waals surface area (Å²) < 4.78 is 55.9. The molecule has 0 bridgehead atoms. The van der Waals surface area contributed by atoms with Crippen LogP contribution in [0.3, 0.4) is 0 Å². The van der Waals surface area contributed by atoms with Gasteiger partial charge in [0.05, 0.1) is 11.1 Å². The molecule has 2 aromatic heterocycles. The summed E-state index contributed by atoms with van der Waals surface area (Å²) in [6.07, 6.45) is 2.94. The summed E-state index contributed by atoms with van der Waals surface area (Å²) in [5.74, 6) is -3.37. The highest BCUT2D eigenvalue weighted by molar-refractivity contribution is 7.92. The van der Waals surface area contributed by atoms with E-state index in [4.69, 9.17) is 0 Å². The van der Waals surface area contributed by atoms with E-state index >= 15 is 0 Å². The molecule has 1 amide bonds. The molecule has 1 aromatic carbocycles. The van der Waals surface area contributed by atoms with Crippen molar-refractivity contribution < 1.29 is 22.0 Å². The number of fused-ring (bicyclic) bond motifs is 1. The molecule has 1 unspecified atom stereocenters. The van der Waals surface area contributed by atoms with Gasteiger partial charge in [0.15, 0.2) is 5.65 Å². The highest BCUT2D eigenvalue weighted by Gasteiger charge is 2.37. The Morgan fingerprint density at radius 3 is 2.70 bits per heavy atom. The van der Waals surface area contributed by atoms with Crippen LogP contribution in [0.1, 0.15) is 36.0 Å². The van der Waals surface area contributed by atoms with Crippen molar-refractivity contribution in [3.05, 3.63) is 54.4 Å². The van der Waals surface area contributed by atoms with Crippen molar-refractivity contribution in [1.82, 2.24) is 19.9 Å². The molecule has 2 heterocycles. The Bertz CT molecular complexity index is 1180. The maximum Gasteiger partial charge on any atom is 0.263 e. The number of hydrogen-bond donors (Lipinski definition) is 2. The maximum atomic E-state index is 13.6. The quantitative estimate of drug-likeness (QED) is 0.641. The zero-order valence-corrected chi connectivity index (χ0v) is 16.6. The third kappa shape index (κ3) is 4.25. The van der Waals surface area contributed by atoms with Gasteiger partial charge >= 0.3 is 0 Å². The molecule has 1 aliphatic rings. The number of hydrogen-bond acceptors (Lipinski definition) is 5. The van der Waals surface area contributed by atoms with Crippen LogP contribution in [0.2, 0.25) is 0 Å². The number of sulfonamides is 1. The molecule has 1 atom stereocenters. The molecule has 4 rings (SSSR count). The maximum absolute atomic E-state index is 13.6. The van der Waals surface area contributed by atoms with Crippen LogP contribution >= 0.6 is 0 Å². The topological polar surface area (TPSA) is 105 Å². The van der Waals surface area contributed by atoms with Crippen molar-refractivity contribution in [3.8, 4) is 0 Å². The largest absolute Gasteiger partial charge is 0.349 e. The minimum Gasteiger partial charge on any atom is -0.349 e. The Hall–Kier alpha value is -3.08. The van der Waals surface area contributed by atoms with E-state index in [1.165, 1.54) is 35.1 Å². The van der Waals surface area contributed by atoms with E-state index in [1.54, 1.807) is 18.2 Å². The van der Waals surface area contributed by atoms with E-state index < -0.39 is 34.3 Å². The van der Waals surface area contributed by atoms with Crippen molar-refractivity contribution in [3.63, 3.8) is 0 Å². The van der Waals surface area contributed by atoms with Crippen LogP contribution in [0.25, 0.3) is 5.65 Å². The van der Waals surface area contributed by atoms with Gasteiger partial charge in [-0.25, -0.2) is 26.7 Å². The number of nitrogens with zero attached hydrogens (tertiary/aromatic N) is 3. The van der Waals surface area contributed by atoms with Crippen molar-refractivity contribution in [2.75, 3.05) is 4.72 Å². The Morgan fingerprint density at radius 1 is 1.20 bits per heavy atom. The Labute approximate surface area is 171 Å². The molecular weight excluding hydrogens is 416 g/mol. The molecule has 0 spiro atoms. The number of alkyl halides is 2. The summed E-state index contributed by atoms with van der Waals surface area (Å²) in [6, 6.07) is 8.54. The van der Waals surface area contributed by atoms with E-state index in [1.807, 2.05) is 0 Å². The first kappa shape index (κ1) is 20.2. The first-order valence-electron chi connectivity index (χ1n) is 9.34. The number of aromatic nitrogens is 3. The van der Waals surface area contributed by atoms with Crippen LogP contribution in [-0.2, 0) is 10.0 Å². The van der Waals surface area contributed by atoms with Gasteiger partial charge in [-0.3, -0.25) is 9.52 Å². The van der Waals surface area contributed by atoms with Crippen LogP contribution in [0.15, 0.2) is 53.7 Å². The average Bonchev–Trinajstić information content (AvgIpc) is 3.11. The van der Waals surface area contributed by atoms with Gasteiger partial charge in [0, 0.05) is 25.1 Å². The summed E-state index contributed by atoms with van der Waals surface area (Å²) in [4.78, 5) is 16.9. The lowest BCUT2D eigenvalue weighted by molar-refractivity contribution is -0.0429. The van der Waals surface area contributed by atoms with Crippen LogP contribution in [0.5, 0.6) is 0 Å². The fraction of sp³-hybridized carbons (Fsp3) is 0.316. The van der Waals surface area contributed by atoms with Crippen LogP contribution in [-0.4, -0.2) is 40.9 Å². The molecule has 1 fully saturated rings. The van der Waals surface area contributed by atoms with Gasteiger partial charge in [-0.15, -0.1) is 0 Å². The van der Waals surface area contributed by atoms with Gasteiger partial charge in [-0.2, -0.15) is 5.10 Å². The summed E-state index contributed by atoms with van der Waals surface area (Å²) in [7, 11) is -3.86. The minimum absolute atomic E-state index is 0.00472. The van der Waals surface area contributed by atoms with E-state index in [-0.39, 0.29) is 28.3 Å². The molecular formula is C19H19F2N5O3S. The number of rotatable bonds is 5. The average molecular weight is 435 g/mol. The van der Waals surface area contributed by atoms with Gasteiger partial charge in [-0.1, -0.05) is 18.2 Å². The first-order valence-corrected chi connectivity index (χ1v) is 10.8. The molecule has 0 radical (unpaired) electrons. The summed E-state index contributed by atoms with van der Waals surface area (Å²) in [5.41, 5.74) is 0.188. The summed E-state index contributed by atoms with van der Waals surface area (Å²) in [6.45, 7) is 0. The molecule has 158 valence electrons. The van der Waals surface area contributed by atoms with E-state index in [9.17, 15) is 22.0 Å². The van der Waals surface area contributed by atoms with Crippen molar-refractivity contribution >= 4 is 27.4 Å². The van der Waals surface area contributed by atoms with Crippen molar-refractivity contribution in [2.24, 2.45) is 0 Å².